The van der Waals surface area contributed by atoms with Crippen molar-refractivity contribution in [3.05, 3.63) is 65.2 Å². The Bertz CT molecular complexity index is 896. The lowest BCUT2D eigenvalue weighted by Crippen LogP contribution is -2.45. The number of hydrogen-bond acceptors (Lipinski definition) is 5. The zero-order valence-electron chi connectivity index (χ0n) is 16.2. The Labute approximate surface area is 166 Å². The van der Waals surface area contributed by atoms with Crippen molar-refractivity contribution >= 4 is 17.7 Å². The second-order valence-electron chi connectivity index (χ2n) is 6.58. The maximum absolute atomic E-state index is 13.2. The third kappa shape index (κ3) is 5.84. The second-order valence-corrected chi connectivity index (χ2v) is 6.58. The van der Waals surface area contributed by atoms with Crippen molar-refractivity contribution in [2.75, 3.05) is 13.7 Å². The van der Waals surface area contributed by atoms with Crippen LogP contribution in [0.25, 0.3) is 0 Å². The summed E-state index contributed by atoms with van der Waals surface area (Å²) in [5.41, 5.74) is 0.196. The molecule has 1 amide bonds. The van der Waals surface area contributed by atoms with Gasteiger partial charge in [0.1, 0.15) is 11.8 Å². The molecule has 0 heterocycles. The molecule has 0 aromatic heterocycles. The molecule has 0 aliphatic rings. The molecule has 2 aromatic carbocycles. The predicted octanol–water partition coefficient (Wildman–Crippen LogP) is 3.15. The first-order valence-electron chi connectivity index (χ1n) is 8.82. The third-order valence-electron chi connectivity index (χ3n) is 4.15. The van der Waals surface area contributed by atoms with Crippen LogP contribution >= 0.6 is 0 Å². The summed E-state index contributed by atoms with van der Waals surface area (Å²) in [5.74, 6) is -3.98. The van der Waals surface area contributed by atoms with E-state index in [1.165, 1.54) is 7.11 Å². The minimum absolute atomic E-state index is 0.125. The van der Waals surface area contributed by atoms with Crippen LogP contribution in [0.15, 0.2) is 42.5 Å². The zero-order chi connectivity index (χ0) is 21.6. The van der Waals surface area contributed by atoms with Gasteiger partial charge in [-0.15, -0.1) is 0 Å². The van der Waals surface area contributed by atoms with Gasteiger partial charge in [-0.05, 0) is 48.4 Å². The molecule has 154 valence electrons. The van der Waals surface area contributed by atoms with Gasteiger partial charge in [0.05, 0.1) is 7.11 Å². The molecule has 2 aromatic rings. The van der Waals surface area contributed by atoms with E-state index in [1.807, 2.05) is 0 Å². The Hall–Kier alpha value is -3.29. The van der Waals surface area contributed by atoms with E-state index in [-0.39, 0.29) is 11.5 Å². The van der Waals surface area contributed by atoms with E-state index in [2.05, 4.69) is 5.32 Å². The molecule has 0 fully saturated rings. The molecule has 0 saturated heterocycles. The Kier molecular flexibility index (Phi) is 7.41. The van der Waals surface area contributed by atoms with E-state index >= 15 is 0 Å². The van der Waals surface area contributed by atoms with E-state index in [4.69, 9.17) is 9.47 Å². The molecule has 1 unspecified atom stereocenters. The lowest BCUT2D eigenvalue weighted by Gasteiger charge is -2.20. The number of amides is 1. The molecule has 1 atom stereocenters. The molecule has 0 radical (unpaired) electrons. The number of esters is 1. The topological polar surface area (TPSA) is 81.7 Å². The van der Waals surface area contributed by atoms with E-state index in [1.54, 1.807) is 38.1 Å². The van der Waals surface area contributed by atoms with Gasteiger partial charge in [0.15, 0.2) is 24.0 Å². The molecule has 0 bridgehead atoms. The van der Waals surface area contributed by atoms with Gasteiger partial charge < -0.3 is 14.8 Å². The molecule has 29 heavy (non-hydrogen) atoms. The molecular formula is C21H21F2NO5. The van der Waals surface area contributed by atoms with E-state index in [0.717, 1.165) is 18.2 Å². The number of rotatable bonds is 8. The molecule has 2 rings (SSSR count). The number of benzene rings is 2. The van der Waals surface area contributed by atoms with Gasteiger partial charge in [-0.2, -0.15) is 0 Å². The summed E-state index contributed by atoms with van der Waals surface area (Å²) in [6.45, 7) is 2.75. The summed E-state index contributed by atoms with van der Waals surface area (Å²) in [5, 5.41) is 2.57. The van der Waals surface area contributed by atoms with Crippen molar-refractivity contribution in [1.82, 2.24) is 5.32 Å². The van der Waals surface area contributed by atoms with Crippen LogP contribution in [0, 0.1) is 17.6 Å². The summed E-state index contributed by atoms with van der Waals surface area (Å²) in [6.07, 6.45) is 0. The summed E-state index contributed by atoms with van der Waals surface area (Å²) in [6, 6.07) is 7.96. The highest BCUT2D eigenvalue weighted by Gasteiger charge is 2.27. The van der Waals surface area contributed by atoms with Crippen LogP contribution in [0.3, 0.4) is 0 Å². The van der Waals surface area contributed by atoms with Gasteiger partial charge in [-0.25, -0.2) is 13.6 Å². The Morgan fingerprint density at radius 2 is 1.59 bits per heavy atom. The largest absolute Gasteiger partial charge is 0.497 e. The number of halogens is 2. The number of nitrogens with one attached hydrogen (secondary N) is 1. The summed E-state index contributed by atoms with van der Waals surface area (Å²) < 4.78 is 36.2. The molecule has 0 saturated carbocycles. The average molecular weight is 405 g/mol. The van der Waals surface area contributed by atoms with Crippen LogP contribution in [0.2, 0.25) is 0 Å². The molecule has 0 spiro atoms. The van der Waals surface area contributed by atoms with Crippen LogP contribution in [-0.2, 0) is 9.53 Å². The molecule has 0 aliphatic carbocycles. The first kappa shape index (κ1) is 22.0. The zero-order valence-corrected chi connectivity index (χ0v) is 16.2. The van der Waals surface area contributed by atoms with Gasteiger partial charge in [-0.1, -0.05) is 13.8 Å². The van der Waals surface area contributed by atoms with Gasteiger partial charge in [-0.3, -0.25) is 9.59 Å². The molecular weight excluding hydrogens is 384 g/mol. The number of ketones is 1. The van der Waals surface area contributed by atoms with Gasteiger partial charge in [0.25, 0.3) is 5.91 Å². The fourth-order valence-corrected chi connectivity index (χ4v) is 2.44. The first-order chi connectivity index (χ1) is 13.7. The van der Waals surface area contributed by atoms with Crippen molar-refractivity contribution in [1.29, 1.82) is 0 Å². The Morgan fingerprint density at radius 1 is 0.966 bits per heavy atom. The number of hydrogen-bond donors (Lipinski definition) is 1. The average Bonchev–Trinajstić information content (AvgIpc) is 2.71. The van der Waals surface area contributed by atoms with Crippen LogP contribution < -0.4 is 10.1 Å². The first-order valence-corrected chi connectivity index (χ1v) is 8.82. The van der Waals surface area contributed by atoms with Crippen molar-refractivity contribution in [3.8, 4) is 5.75 Å². The van der Waals surface area contributed by atoms with Crippen LogP contribution in [-0.4, -0.2) is 37.4 Å². The van der Waals surface area contributed by atoms with Crippen molar-refractivity contribution < 1.29 is 32.6 Å². The van der Waals surface area contributed by atoms with Gasteiger partial charge in [0.2, 0.25) is 0 Å². The number of methoxy groups -OCH3 is 1. The minimum Gasteiger partial charge on any atom is -0.497 e. The summed E-state index contributed by atoms with van der Waals surface area (Å²) >= 11 is 0. The maximum Gasteiger partial charge on any atom is 0.329 e. The SMILES string of the molecule is COc1ccc(C(=O)NC(C(=O)OCC(=O)c2ccc(F)c(F)c2)C(C)C)cc1. The van der Waals surface area contributed by atoms with Crippen molar-refractivity contribution in [2.24, 2.45) is 5.92 Å². The van der Waals surface area contributed by atoms with Crippen molar-refractivity contribution in [3.63, 3.8) is 0 Å². The monoisotopic (exact) mass is 405 g/mol. The molecule has 8 heteroatoms. The smallest absolute Gasteiger partial charge is 0.329 e. The van der Waals surface area contributed by atoms with E-state index in [0.29, 0.717) is 11.3 Å². The quantitative estimate of drug-likeness (QED) is 0.539. The number of Topliss-reactive ketones (excluding diaryl/α,β-unsaturated/α-hetero) is 1. The predicted molar refractivity (Wildman–Crippen MR) is 101 cm³/mol. The molecule has 6 nitrogen and oxygen atoms in total. The number of carbonyl (C=O) groups excluding carboxylic acids is 3. The minimum atomic E-state index is -1.17. The number of ether oxygens (including phenoxy) is 2. The Balaban J connectivity index is 2.00. The highest BCUT2D eigenvalue weighted by Crippen LogP contribution is 2.13. The fraction of sp³-hybridized carbons (Fsp3) is 0.286. The van der Waals surface area contributed by atoms with E-state index in [9.17, 15) is 23.2 Å². The summed E-state index contributed by atoms with van der Waals surface area (Å²) in [7, 11) is 1.50. The highest BCUT2D eigenvalue weighted by molar-refractivity contribution is 5.99. The van der Waals surface area contributed by atoms with Crippen molar-refractivity contribution in [2.45, 2.75) is 19.9 Å². The standard InChI is InChI=1S/C21H21F2NO5/c1-12(2)19(24-20(26)13-4-7-15(28-3)8-5-13)21(27)29-11-18(25)14-6-9-16(22)17(23)10-14/h4-10,12,19H,11H2,1-3H3,(H,24,26). The Morgan fingerprint density at radius 3 is 2.14 bits per heavy atom. The van der Waals surface area contributed by atoms with Crippen LogP contribution in [0.1, 0.15) is 34.6 Å². The maximum atomic E-state index is 13.2. The highest BCUT2D eigenvalue weighted by atomic mass is 19.2. The second kappa shape index (κ2) is 9.77. The number of carbonyl (C=O) groups is 3. The summed E-state index contributed by atoms with van der Waals surface area (Å²) in [4.78, 5) is 36.8. The lowest BCUT2D eigenvalue weighted by atomic mass is 10.0. The normalized spacial score (nSPS) is 11.7. The third-order valence-corrected chi connectivity index (χ3v) is 4.15. The van der Waals surface area contributed by atoms with Gasteiger partial charge in [0, 0.05) is 11.1 Å². The van der Waals surface area contributed by atoms with Crippen LogP contribution in [0.4, 0.5) is 8.78 Å². The van der Waals surface area contributed by atoms with Crippen LogP contribution in [0.5, 0.6) is 5.75 Å². The van der Waals surface area contributed by atoms with E-state index < -0.39 is 41.9 Å². The van der Waals surface area contributed by atoms with Gasteiger partial charge >= 0.3 is 5.97 Å². The molecule has 0 aliphatic heterocycles. The lowest BCUT2D eigenvalue weighted by molar-refractivity contribution is -0.145. The fourth-order valence-electron chi connectivity index (χ4n) is 2.44. The molecule has 1 N–H and O–H groups in total.